The summed E-state index contributed by atoms with van der Waals surface area (Å²) >= 11 is 4.40. The molecular formula is C9H15N2O14P3S. The van der Waals surface area contributed by atoms with Crippen molar-refractivity contribution < 1.29 is 56.8 Å². The van der Waals surface area contributed by atoms with E-state index in [-0.39, 0.29) is 0 Å². The summed E-state index contributed by atoms with van der Waals surface area (Å²) in [6.45, 7) is -5.48. The van der Waals surface area contributed by atoms with Gasteiger partial charge in [0, 0.05) is 12.3 Å². The van der Waals surface area contributed by atoms with Crippen LogP contribution in [0.25, 0.3) is 0 Å². The molecule has 1 aliphatic rings. The summed E-state index contributed by atoms with van der Waals surface area (Å²) in [4.78, 5) is 60.7. The molecule has 0 spiro atoms. The highest BCUT2D eigenvalue weighted by Gasteiger charge is 2.45. The van der Waals surface area contributed by atoms with Crippen LogP contribution in [0.3, 0.4) is 0 Å². The van der Waals surface area contributed by atoms with E-state index in [1.165, 1.54) is 0 Å². The van der Waals surface area contributed by atoms with Crippen molar-refractivity contribution in [2.75, 3.05) is 6.61 Å². The molecule has 20 heteroatoms. The first-order valence-corrected chi connectivity index (χ1v) is 12.8. The largest absolute Gasteiger partial charge is 0.488 e. The lowest BCUT2D eigenvalue weighted by molar-refractivity contribution is -0.0527. The van der Waals surface area contributed by atoms with Gasteiger partial charge in [0.2, 0.25) is 0 Å². The number of aromatic amines is 1. The minimum absolute atomic E-state index is 0.719. The van der Waals surface area contributed by atoms with E-state index in [0.29, 0.717) is 0 Å². The Bertz CT molecular complexity index is 1000. The van der Waals surface area contributed by atoms with E-state index in [1.54, 1.807) is 0 Å². The highest BCUT2D eigenvalue weighted by Crippen LogP contribution is 2.66. The number of ether oxygens (including phenoxy) is 1. The van der Waals surface area contributed by atoms with Crippen molar-refractivity contribution >= 4 is 34.2 Å². The van der Waals surface area contributed by atoms with Crippen molar-refractivity contribution in [3.8, 4) is 0 Å². The number of nitrogens with zero attached hydrogens (tertiary/aromatic N) is 1. The van der Waals surface area contributed by atoms with Crippen LogP contribution in [0, 0.1) is 0 Å². The zero-order valence-corrected chi connectivity index (χ0v) is 17.3. The number of aliphatic hydroxyl groups is 2. The third-order valence-corrected chi connectivity index (χ3v) is 8.00. The Morgan fingerprint density at radius 1 is 1.14 bits per heavy atom. The third-order valence-electron chi connectivity index (χ3n) is 3.28. The standard InChI is InChI=1S/C9H15N2O14P3S/c12-5-1-2-11(9(15)10-5)8-7(14)6(13)4(23-8)3-22-28(21,29)25-27(19,20)24-26(16,17)18/h1-2,4,6-8,13-14H,3H2,(H,19,20)(H,21,29)(H,10,12,15)(H2,16,17,18). The number of aliphatic hydroxyl groups excluding tert-OH is 2. The molecule has 1 aliphatic heterocycles. The average molecular weight is 500 g/mol. The Labute approximate surface area is 165 Å². The van der Waals surface area contributed by atoms with Crippen molar-refractivity contribution in [1.29, 1.82) is 0 Å². The van der Waals surface area contributed by atoms with Crippen LogP contribution in [0.15, 0.2) is 21.9 Å². The summed E-state index contributed by atoms with van der Waals surface area (Å²) in [5.74, 6) is 0. The van der Waals surface area contributed by atoms with Crippen molar-refractivity contribution in [3.05, 3.63) is 33.1 Å². The van der Waals surface area contributed by atoms with E-state index in [1.807, 2.05) is 4.98 Å². The number of hydrogen-bond acceptors (Lipinski definition) is 11. The Balaban J connectivity index is 2.06. The van der Waals surface area contributed by atoms with Gasteiger partial charge in [-0.05, 0) is 11.8 Å². The number of nitrogens with one attached hydrogen (secondary N) is 1. The van der Waals surface area contributed by atoms with E-state index >= 15 is 0 Å². The predicted molar refractivity (Wildman–Crippen MR) is 93.7 cm³/mol. The minimum Gasteiger partial charge on any atom is -0.387 e. The van der Waals surface area contributed by atoms with Gasteiger partial charge in [0.25, 0.3) is 5.56 Å². The number of aromatic nitrogens is 2. The van der Waals surface area contributed by atoms with Crippen LogP contribution in [-0.4, -0.2) is 64.3 Å². The van der Waals surface area contributed by atoms with Gasteiger partial charge < -0.3 is 39.0 Å². The monoisotopic (exact) mass is 500 g/mol. The van der Waals surface area contributed by atoms with Gasteiger partial charge in [-0.2, -0.15) is 4.31 Å². The lowest BCUT2D eigenvalue weighted by Crippen LogP contribution is -2.37. The van der Waals surface area contributed by atoms with E-state index in [4.69, 9.17) is 19.4 Å². The maximum absolute atomic E-state index is 11.8. The van der Waals surface area contributed by atoms with Crippen LogP contribution in [0.5, 0.6) is 0 Å². The van der Waals surface area contributed by atoms with Crippen LogP contribution in [0.2, 0.25) is 0 Å². The number of hydrogen-bond donors (Lipinski definition) is 7. The van der Waals surface area contributed by atoms with Crippen LogP contribution in [0.4, 0.5) is 0 Å². The average Bonchev–Trinajstić information content (AvgIpc) is 2.78. The second kappa shape index (κ2) is 8.86. The summed E-state index contributed by atoms with van der Waals surface area (Å²) in [6.07, 6.45) is -5.30. The molecule has 2 rings (SSSR count). The van der Waals surface area contributed by atoms with E-state index in [9.17, 15) is 33.8 Å². The Morgan fingerprint density at radius 2 is 1.76 bits per heavy atom. The first-order valence-electron chi connectivity index (χ1n) is 7.22. The molecule has 1 aromatic heterocycles. The number of H-pyrrole nitrogens is 1. The molecule has 1 fully saturated rings. The molecule has 6 unspecified atom stereocenters. The van der Waals surface area contributed by atoms with Crippen LogP contribution < -0.4 is 11.2 Å². The van der Waals surface area contributed by atoms with Gasteiger partial charge in [-0.1, -0.05) is 0 Å². The summed E-state index contributed by atoms with van der Waals surface area (Å²) in [7, 11) is -11.0. The van der Waals surface area contributed by atoms with Crippen LogP contribution in [0.1, 0.15) is 6.23 Å². The van der Waals surface area contributed by atoms with Gasteiger partial charge in [0.1, 0.15) is 18.3 Å². The fraction of sp³-hybridized carbons (Fsp3) is 0.556. The molecule has 29 heavy (non-hydrogen) atoms. The maximum atomic E-state index is 11.8. The van der Waals surface area contributed by atoms with Gasteiger partial charge in [-0.15, -0.1) is 0 Å². The highest BCUT2D eigenvalue weighted by molar-refractivity contribution is 8.08. The summed E-state index contributed by atoms with van der Waals surface area (Å²) < 4.78 is 40.1. The molecule has 6 atom stereocenters. The minimum atomic E-state index is -5.52. The second-order valence-corrected chi connectivity index (χ2v) is 11.3. The molecule has 0 radical (unpaired) electrons. The van der Waals surface area contributed by atoms with Gasteiger partial charge in [-0.25, -0.2) is 18.2 Å². The molecule has 1 aromatic rings. The summed E-state index contributed by atoms with van der Waals surface area (Å²) in [6, 6.07) is 0.953. The van der Waals surface area contributed by atoms with Gasteiger partial charge >= 0.3 is 28.1 Å². The van der Waals surface area contributed by atoms with Gasteiger partial charge in [-0.3, -0.25) is 14.3 Å². The fourth-order valence-corrected chi connectivity index (χ4v) is 6.17. The molecule has 0 aromatic carbocycles. The van der Waals surface area contributed by atoms with Crippen molar-refractivity contribution in [1.82, 2.24) is 9.55 Å². The molecule has 166 valence electrons. The highest BCUT2D eigenvalue weighted by atomic mass is 32.5. The molecule has 0 saturated carbocycles. The first-order chi connectivity index (χ1) is 13.1. The molecule has 0 amide bonds. The fourth-order valence-electron chi connectivity index (χ4n) is 2.20. The van der Waals surface area contributed by atoms with Crippen LogP contribution in [-0.2, 0) is 38.8 Å². The summed E-state index contributed by atoms with van der Waals surface area (Å²) in [5.41, 5.74) is -1.68. The van der Waals surface area contributed by atoms with Crippen LogP contribution >= 0.6 is 22.4 Å². The van der Waals surface area contributed by atoms with Gasteiger partial charge in [0.15, 0.2) is 6.23 Å². The smallest absolute Gasteiger partial charge is 0.387 e. The van der Waals surface area contributed by atoms with Crippen molar-refractivity contribution in [3.63, 3.8) is 0 Å². The Hall–Kier alpha value is -0.610. The van der Waals surface area contributed by atoms with E-state index in [0.717, 1.165) is 16.8 Å². The SMILES string of the molecule is O=c1ccn(C2OC(COP(O)(=S)OP(=O)(O)OP(=O)(O)O)C(O)C2O)c(=O)[nH]1. The zero-order chi connectivity index (χ0) is 22.2. The van der Waals surface area contributed by atoms with E-state index in [2.05, 4.69) is 25.0 Å². The zero-order valence-electron chi connectivity index (χ0n) is 13.8. The van der Waals surface area contributed by atoms with Crippen molar-refractivity contribution in [2.45, 2.75) is 24.5 Å². The molecule has 2 heterocycles. The lowest BCUT2D eigenvalue weighted by Gasteiger charge is -2.21. The second-order valence-electron chi connectivity index (χ2n) is 5.45. The predicted octanol–water partition coefficient (Wildman–Crippen LogP) is -2.38. The summed E-state index contributed by atoms with van der Waals surface area (Å²) in [5, 5.41) is 20.0. The van der Waals surface area contributed by atoms with Crippen molar-refractivity contribution in [2.24, 2.45) is 0 Å². The van der Waals surface area contributed by atoms with Gasteiger partial charge in [0.05, 0.1) is 6.61 Å². The molecule has 0 aliphatic carbocycles. The molecule has 0 bridgehead atoms. The lowest BCUT2D eigenvalue weighted by atomic mass is 10.1. The molecule has 7 N–H and O–H groups in total. The Kier molecular flexibility index (Phi) is 7.54. The first kappa shape index (κ1) is 24.7. The molecule has 16 nitrogen and oxygen atoms in total. The molecule has 1 saturated heterocycles. The van der Waals surface area contributed by atoms with E-state index < -0.39 is 64.8 Å². The third kappa shape index (κ3) is 6.95. The number of phosphoric acid groups is 2. The quantitative estimate of drug-likeness (QED) is 0.184. The maximum Gasteiger partial charge on any atom is 0.488 e. The normalized spacial score (nSPS) is 29.3. The number of rotatable bonds is 8. The topological polar surface area (TPSA) is 247 Å². The molecular weight excluding hydrogens is 485 g/mol. The Morgan fingerprint density at radius 3 is 2.31 bits per heavy atom.